The first-order valence-corrected chi connectivity index (χ1v) is 12.7. The Balaban J connectivity index is 0.000000180. The van der Waals surface area contributed by atoms with E-state index in [0.717, 1.165) is 12.5 Å². The quantitative estimate of drug-likeness (QED) is 0.750. The zero-order chi connectivity index (χ0) is 24.5. The maximum atomic E-state index is 10.4. The van der Waals surface area contributed by atoms with E-state index in [4.69, 9.17) is 9.47 Å². The molecule has 2 aromatic carbocycles. The van der Waals surface area contributed by atoms with Gasteiger partial charge in [0.25, 0.3) is 0 Å². The molecule has 0 radical (unpaired) electrons. The number of fused-ring (bicyclic) bond motifs is 4. The fourth-order valence-corrected chi connectivity index (χ4v) is 6.44. The highest BCUT2D eigenvalue weighted by Crippen LogP contribution is 2.56. The molecule has 4 atom stereocenters. The van der Waals surface area contributed by atoms with Gasteiger partial charge in [-0.2, -0.15) is 0 Å². The van der Waals surface area contributed by atoms with Crippen LogP contribution in [0.1, 0.15) is 76.0 Å². The molecule has 0 amide bonds. The standard InChI is InChI=1S/C20H31N.C9H8O4/c1-14(2)15-6-8-17-16(12-15)7-9-18-19(3,13-21)10-5-11-20(17,18)4;10-9(11)8-5-12-6-3-1-2-4-7(6)13-8/h6,8,12,14,18H,5,7,9-11,13,21H2,1-4H3;1-4,8H,5H2,(H,10,11)/t18-,19-,20+;8-/m01/s1. The van der Waals surface area contributed by atoms with E-state index in [0.29, 0.717) is 28.2 Å². The number of carbonyl (C=O) groups is 1. The van der Waals surface area contributed by atoms with Crippen LogP contribution in [-0.4, -0.2) is 25.2 Å². The average Bonchev–Trinajstić information content (AvgIpc) is 2.83. The Hall–Kier alpha value is -2.53. The third-order valence-corrected chi connectivity index (χ3v) is 8.51. The summed E-state index contributed by atoms with van der Waals surface area (Å²) in [7, 11) is 0. The van der Waals surface area contributed by atoms with E-state index in [1.807, 2.05) is 0 Å². The van der Waals surface area contributed by atoms with Gasteiger partial charge in [0.2, 0.25) is 0 Å². The molecule has 184 valence electrons. The molecule has 0 saturated heterocycles. The lowest BCUT2D eigenvalue weighted by atomic mass is 9.50. The number of hydrogen-bond donors (Lipinski definition) is 1. The highest BCUT2D eigenvalue weighted by atomic mass is 16.6. The van der Waals surface area contributed by atoms with Crippen molar-refractivity contribution >= 4 is 5.97 Å². The van der Waals surface area contributed by atoms with Crippen LogP contribution in [0.4, 0.5) is 0 Å². The summed E-state index contributed by atoms with van der Waals surface area (Å²) in [6.07, 6.45) is 5.72. The van der Waals surface area contributed by atoms with Crippen molar-refractivity contribution in [3.8, 4) is 11.5 Å². The molecule has 3 aliphatic rings. The van der Waals surface area contributed by atoms with Crippen molar-refractivity contribution < 1.29 is 25.1 Å². The fraction of sp³-hybridized carbons (Fsp3) is 0.552. The van der Waals surface area contributed by atoms with E-state index in [2.05, 4.69) is 51.6 Å². The third kappa shape index (κ3) is 4.55. The Kier molecular flexibility index (Phi) is 6.95. The van der Waals surface area contributed by atoms with Gasteiger partial charge in [0, 0.05) is 5.41 Å². The number of carbonyl (C=O) groups excluding carboxylic acids is 1. The Morgan fingerprint density at radius 1 is 1.15 bits per heavy atom. The predicted octanol–water partition coefficient (Wildman–Crippen LogP) is 3.64. The first-order valence-electron chi connectivity index (χ1n) is 12.7. The van der Waals surface area contributed by atoms with Crippen LogP contribution in [0.25, 0.3) is 0 Å². The molecule has 5 heteroatoms. The lowest BCUT2D eigenvalue weighted by Crippen LogP contribution is -2.63. The van der Waals surface area contributed by atoms with Gasteiger partial charge in [-0.05, 0) is 71.8 Å². The molecule has 2 aromatic rings. The summed E-state index contributed by atoms with van der Waals surface area (Å²) in [5.41, 5.74) is 9.92. The first-order chi connectivity index (χ1) is 16.2. The molecule has 0 bridgehead atoms. The number of carboxylic acids is 1. The van der Waals surface area contributed by atoms with E-state index in [-0.39, 0.29) is 6.61 Å². The fourth-order valence-electron chi connectivity index (χ4n) is 6.44. The van der Waals surface area contributed by atoms with Crippen molar-refractivity contribution in [3.05, 3.63) is 59.2 Å². The predicted molar refractivity (Wildman–Crippen MR) is 131 cm³/mol. The van der Waals surface area contributed by atoms with Gasteiger partial charge in [-0.3, -0.25) is 0 Å². The van der Waals surface area contributed by atoms with E-state index in [1.54, 1.807) is 35.4 Å². The van der Waals surface area contributed by atoms with Crippen LogP contribution >= 0.6 is 0 Å². The molecule has 5 rings (SSSR count). The van der Waals surface area contributed by atoms with Gasteiger partial charge >= 0.3 is 0 Å². The molecule has 1 heterocycles. The number of aryl methyl sites for hydroxylation is 1. The molecular weight excluding hydrogens is 426 g/mol. The van der Waals surface area contributed by atoms with Gasteiger partial charge in [0.15, 0.2) is 17.6 Å². The van der Waals surface area contributed by atoms with Gasteiger partial charge in [0.1, 0.15) is 6.61 Å². The third-order valence-electron chi connectivity index (χ3n) is 8.51. The van der Waals surface area contributed by atoms with Gasteiger partial charge in [0.05, 0.1) is 12.5 Å². The van der Waals surface area contributed by atoms with Gasteiger partial charge in [-0.25, -0.2) is 0 Å². The summed E-state index contributed by atoms with van der Waals surface area (Å²) in [5.74, 6) is 1.21. The Morgan fingerprint density at radius 2 is 1.88 bits per heavy atom. The second-order valence-electron chi connectivity index (χ2n) is 11.0. The van der Waals surface area contributed by atoms with Crippen molar-refractivity contribution in [3.63, 3.8) is 0 Å². The largest absolute Gasteiger partial charge is 0.546 e. The number of aliphatic carboxylic acids is 1. The second-order valence-corrected chi connectivity index (χ2v) is 11.0. The smallest absolute Gasteiger partial charge is 0.172 e. The van der Waals surface area contributed by atoms with Crippen LogP contribution in [0.2, 0.25) is 0 Å². The Bertz CT molecular complexity index is 1030. The average molecular weight is 466 g/mol. The van der Waals surface area contributed by atoms with Crippen LogP contribution in [0.5, 0.6) is 11.5 Å². The zero-order valence-corrected chi connectivity index (χ0v) is 21.1. The zero-order valence-electron chi connectivity index (χ0n) is 21.1. The lowest BCUT2D eigenvalue weighted by Gasteiger charge is -2.54. The number of carboxylic acid groups (broad SMARTS) is 1. The Labute approximate surface area is 203 Å². The number of ether oxygens (including phenoxy) is 2. The molecule has 34 heavy (non-hydrogen) atoms. The minimum absolute atomic E-state index is 0.000648. The normalized spacial score (nSPS) is 29.4. The van der Waals surface area contributed by atoms with Gasteiger partial charge in [-0.1, -0.05) is 64.4 Å². The summed E-state index contributed by atoms with van der Waals surface area (Å²) in [5, 5.41) is 10.4. The number of para-hydroxylation sites is 2. The molecular formula is C29H39NO4. The van der Waals surface area contributed by atoms with Crippen LogP contribution in [0.15, 0.2) is 42.5 Å². The van der Waals surface area contributed by atoms with Crippen molar-refractivity contribution in [2.24, 2.45) is 11.3 Å². The number of benzene rings is 2. The molecule has 0 unspecified atom stereocenters. The van der Waals surface area contributed by atoms with Crippen molar-refractivity contribution in [2.75, 3.05) is 13.2 Å². The molecule has 0 spiro atoms. The monoisotopic (exact) mass is 465 g/mol. The molecule has 5 nitrogen and oxygen atoms in total. The van der Waals surface area contributed by atoms with Crippen molar-refractivity contribution in [2.45, 2.75) is 77.2 Å². The summed E-state index contributed by atoms with van der Waals surface area (Å²) >= 11 is 0. The summed E-state index contributed by atoms with van der Waals surface area (Å²) in [4.78, 5) is 10.4. The van der Waals surface area contributed by atoms with Crippen LogP contribution in [0, 0.1) is 11.3 Å². The van der Waals surface area contributed by atoms with Crippen LogP contribution < -0.4 is 20.3 Å². The van der Waals surface area contributed by atoms with Crippen LogP contribution in [0.3, 0.4) is 0 Å². The van der Waals surface area contributed by atoms with Crippen LogP contribution in [-0.2, 0) is 16.6 Å². The summed E-state index contributed by atoms with van der Waals surface area (Å²) < 4.78 is 10.3. The lowest BCUT2D eigenvalue weighted by molar-refractivity contribution is -0.399. The highest BCUT2D eigenvalue weighted by Gasteiger charge is 2.52. The SMILES string of the molecule is CC(C)c1ccc2c(c1)CC[C@H]1[C@](C)(C[NH3+])CCC[C@]21C.O=C([O-])[C@H]1COc2ccccc2O1. The minimum atomic E-state index is -1.26. The Morgan fingerprint density at radius 3 is 2.56 bits per heavy atom. The molecule has 1 aliphatic heterocycles. The van der Waals surface area contributed by atoms with Crippen molar-refractivity contribution in [1.29, 1.82) is 0 Å². The van der Waals surface area contributed by atoms with E-state index < -0.39 is 12.1 Å². The maximum absolute atomic E-state index is 10.4. The van der Waals surface area contributed by atoms with E-state index in [9.17, 15) is 9.90 Å². The summed E-state index contributed by atoms with van der Waals surface area (Å²) in [6, 6.07) is 14.3. The second kappa shape index (κ2) is 9.61. The first kappa shape index (κ1) is 24.6. The molecule has 1 fully saturated rings. The topological polar surface area (TPSA) is 86.2 Å². The molecule has 3 N–H and O–H groups in total. The molecule has 0 aromatic heterocycles. The van der Waals surface area contributed by atoms with Crippen molar-refractivity contribution in [1.82, 2.24) is 0 Å². The highest BCUT2D eigenvalue weighted by molar-refractivity contribution is 5.71. The van der Waals surface area contributed by atoms with Gasteiger partial charge in [-0.15, -0.1) is 0 Å². The van der Waals surface area contributed by atoms with E-state index in [1.165, 1.54) is 37.7 Å². The number of quaternary nitrogens is 1. The molecule has 2 aliphatic carbocycles. The molecule has 1 saturated carbocycles. The minimum Gasteiger partial charge on any atom is -0.546 e. The van der Waals surface area contributed by atoms with Gasteiger partial charge < -0.3 is 25.1 Å². The maximum Gasteiger partial charge on any atom is 0.172 e. The summed E-state index contributed by atoms with van der Waals surface area (Å²) in [6.45, 7) is 10.7. The number of rotatable bonds is 3. The number of hydrogen-bond acceptors (Lipinski definition) is 4. The van der Waals surface area contributed by atoms with E-state index >= 15 is 0 Å².